The molecule has 9 heteroatoms. The third-order valence-corrected chi connectivity index (χ3v) is 4.01. The predicted molar refractivity (Wildman–Crippen MR) is 108 cm³/mol. The fourth-order valence-electron chi connectivity index (χ4n) is 2.36. The summed E-state index contributed by atoms with van der Waals surface area (Å²) in [5.74, 6) is -1.28. The van der Waals surface area contributed by atoms with Crippen LogP contribution in [-0.2, 0) is 4.79 Å². The monoisotopic (exact) mass is 417 g/mol. The van der Waals surface area contributed by atoms with Crippen molar-refractivity contribution in [3.63, 3.8) is 0 Å². The summed E-state index contributed by atoms with van der Waals surface area (Å²) >= 11 is 0. The van der Waals surface area contributed by atoms with Gasteiger partial charge in [0.2, 0.25) is 0 Å². The molecule has 2 aromatic carbocycles. The van der Waals surface area contributed by atoms with E-state index in [2.05, 4.69) is 23.1 Å². The lowest BCUT2D eigenvalue weighted by Gasteiger charge is -2.12. The van der Waals surface area contributed by atoms with Crippen molar-refractivity contribution >= 4 is 17.7 Å². The second-order valence-corrected chi connectivity index (χ2v) is 6.26. The Kier molecular flexibility index (Phi) is 8.61. The van der Waals surface area contributed by atoms with Crippen LogP contribution in [-0.4, -0.2) is 38.0 Å². The van der Waals surface area contributed by atoms with Crippen molar-refractivity contribution in [2.24, 2.45) is 0 Å². The number of rotatable bonds is 9. The molecule has 0 fully saturated rings. The molecule has 30 heavy (non-hydrogen) atoms. The number of carbonyl (C=O) groups is 3. The molecule has 0 heterocycles. The quantitative estimate of drug-likeness (QED) is 0.429. The first-order valence-electron chi connectivity index (χ1n) is 9.38. The molecule has 2 rings (SSSR count). The Balaban J connectivity index is 1.83. The van der Waals surface area contributed by atoms with E-state index in [9.17, 15) is 18.8 Å². The average Bonchev–Trinajstić information content (AvgIpc) is 2.76. The Bertz CT molecular complexity index is 887. The number of amides is 3. The highest BCUT2D eigenvalue weighted by molar-refractivity contribution is 5.98. The van der Waals surface area contributed by atoms with Gasteiger partial charge in [-0.25, -0.2) is 4.39 Å². The molecule has 0 bridgehead atoms. The number of hydrazine groups is 1. The number of carbonyl (C=O) groups excluding carboxylic acids is 3. The Hall–Kier alpha value is -3.62. The van der Waals surface area contributed by atoms with Gasteiger partial charge in [0, 0.05) is 11.1 Å². The van der Waals surface area contributed by atoms with Crippen LogP contribution in [0.2, 0.25) is 0 Å². The summed E-state index contributed by atoms with van der Waals surface area (Å²) in [6.07, 6.45) is 1.89. The van der Waals surface area contributed by atoms with Crippen molar-refractivity contribution in [1.29, 1.82) is 0 Å². The molecule has 0 spiro atoms. The molecule has 8 nitrogen and oxygen atoms in total. The third kappa shape index (κ3) is 6.77. The number of halogens is 1. The molecule has 3 N–H and O–H groups in total. The van der Waals surface area contributed by atoms with Crippen LogP contribution in [0.5, 0.6) is 11.5 Å². The first-order chi connectivity index (χ1) is 14.4. The molecule has 2 aromatic rings. The van der Waals surface area contributed by atoms with Crippen molar-refractivity contribution in [3.05, 3.63) is 59.4 Å². The summed E-state index contributed by atoms with van der Waals surface area (Å²) < 4.78 is 23.7. The summed E-state index contributed by atoms with van der Waals surface area (Å²) in [5, 5.41) is 2.37. The average molecular weight is 417 g/mol. The molecule has 0 aliphatic carbocycles. The van der Waals surface area contributed by atoms with Gasteiger partial charge in [-0.1, -0.05) is 13.3 Å². The molecule has 0 unspecified atom stereocenters. The first-order valence-corrected chi connectivity index (χ1v) is 9.38. The molecule has 0 aliphatic rings. The van der Waals surface area contributed by atoms with Crippen LogP contribution in [0.4, 0.5) is 4.39 Å². The summed E-state index contributed by atoms with van der Waals surface area (Å²) in [5.41, 5.74) is 4.93. The van der Waals surface area contributed by atoms with Gasteiger partial charge in [-0.15, -0.1) is 0 Å². The number of nitrogens with one attached hydrogen (secondary N) is 3. The van der Waals surface area contributed by atoms with E-state index >= 15 is 0 Å². The molecule has 0 saturated heterocycles. The molecule has 0 aliphatic heterocycles. The van der Waals surface area contributed by atoms with Gasteiger partial charge in [0.25, 0.3) is 17.7 Å². The largest absolute Gasteiger partial charge is 0.493 e. The highest BCUT2D eigenvalue weighted by Gasteiger charge is 2.13. The van der Waals surface area contributed by atoms with E-state index in [1.54, 1.807) is 12.1 Å². The Morgan fingerprint density at radius 3 is 2.30 bits per heavy atom. The van der Waals surface area contributed by atoms with Crippen LogP contribution in [0.25, 0.3) is 0 Å². The van der Waals surface area contributed by atoms with Crippen LogP contribution >= 0.6 is 0 Å². The molecular formula is C21H24FN3O5. The topological polar surface area (TPSA) is 106 Å². The van der Waals surface area contributed by atoms with E-state index in [0.29, 0.717) is 18.1 Å². The fraction of sp³-hybridized carbons (Fsp3) is 0.286. The number of benzene rings is 2. The molecule has 0 atom stereocenters. The minimum Gasteiger partial charge on any atom is -0.493 e. The lowest BCUT2D eigenvalue weighted by molar-refractivity contribution is -0.120. The van der Waals surface area contributed by atoms with Gasteiger partial charge in [0.1, 0.15) is 5.82 Å². The number of unbranched alkanes of at least 4 members (excludes halogenated alkanes) is 1. The smallest absolute Gasteiger partial charge is 0.269 e. The molecular weight excluding hydrogens is 393 g/mol. The summed E-state index contributed by atoms with van der Waals surface area (Å²) in [6.45, 7) is 2.22. The standard InChI is InChI=1S/C21H24FN3O5/c1-3-4-11-30-17-10-7-15(12-18(17)29-2)21(28)25-24-19(26)13-23-20(27)14-5-8-16(22)9-6-14/h5-10,12H,3-4,11,13H2,1-2H3,(H,23,27)(H,24,26)(H,25,28). The van der Waals surface area contributed by atoms with Gasteiger partial charge in [0.05, 0.1) is 20.3 Å². The first kappa shape index (κ1) is 22.7. The Labute approximate surface area is 173 Å². The molecule has 0 radical (unpaired) electrons. The molecule has 3 amide bonds. The minimum absolute atomic E-state index is 0.210. The second kappa shape index (κ2) is 11.4. The second-order valence-electron chi connectivity index (χ2n) is 6.26. The molecule has 160 valence electrons. The summed E-state index contributed by atoms with van der Waals surface area (Å²) in [4.78, 5) is 36.0. The number of hydrogen-bond donors (Lipinski definition) is 3. The Morgan fingerprint density at radius 1 is 0.933 bits per heavy atom. The van der Waals surface area contributed by atoms with Gasteiger partial charge in [-0.3, -0.25) is 25.2 Å². The number of ether oxygens (including phenoxy) is 2. The third-order valence-electron chi connectivity index (χ3n) is 4.01. The summed E-state index contributed by atoms with van der Waals surface area (Å²) in [7, 11) is 1.47. The predicted octanol–water partition coefficient (Wildman–Crippen LogP) is 2.20. The maximum absolute atomic E-state index is 12.9. The van der Waals surface area contributed by atoms with Crippen molar-refractivity contribution in [1.82, 2.24) is 16.2 Å². The Morgan fingerprint density at radius 2 is 1.63 bits per heavy atom. The van der Waals surface area contributed by atoms with Crippen molar-refractivity contribution < 1.29 is 28.2 Å². The van der Waals surface area contributed by atoms with Crippen LogP contribution in [0.1, 0.15) is 40.5 Å². The SMILES string of the molecule is CCCCOc1ccc(C(=O)NNC(=O)CNC(=O)c2ccc(F)cc2)cc1OC. The zero-order valence-electron chi connectivity index (χ0n) is 16.8. The van der Waals surface area contributed by atoms with Crippen LogP contribution in [0.3, 0.4) is 0 Å². The van der Waals surface area contributed by atoms with Crippen molar-refractivity contribution in [3.8, 4) is 11.5 Å². The van der Waals surface area contributed by atoms with Crippen LogP contribution < -0.4 is 25.6 Å². The highest BCUT2D eigenvalue weighted by atomic mass is 19.1. The maximum atomic E-state index is 12.9. The van der Waals surface area contributed by atoms with E-state index in [1.165, 1.54) is 25.3 Å². The van der Waals surface area contributed by atoms with E-state index in [-0.39, 0.29) is 17.7 Å². The van der Waals surface area contributed by atoms with E-state index in [4.69, 9.17) is 9.47 Å². The minimum atomic E-state index is -0.634. The molecule has 0 saturated carbocycles. The lowest BCUT2D eigenvalue weighted by Crippen LogP contribution is -2.46. The van der Waals surface area contributed by atoms with Gasteiger partial charge in [-0.2, -0.15) is 0 Å². The number of hydrogen-bond acceptors (Lipinski definition) is 5. The van der Waals surface area contributed by atoms with Gasteiger partial charge in [-0.05, 0) is 48.9 Å². The fourth-order valence-corrected chi connectivity index (χ4v) is 2.36. The maximum Gasteiger partial charge on any atom is 0.269 e. The van der Waals surface area contributed by atoms with Crippen molar-refractivity contribution in [2.75, 3.05) is 20.3 Å². The molecule has 0 aromatic heterocycles. The number of methoxy groups -OCH3 is 1. The van der Waals surface area contributed by atoms with Crippen LogP contribution in [0, 0.1) is 5.82 Å². The zero-order valence-corrected chi connectivity index (χ0v) is 16.8. The highest BCUT2D eigenvalue weighted by Crippen LogP contribution is 2.28. The van der Waals surface area contributed by atoms with E-state index in [1.807, 2.05) is 0 Å². The van der Waals surface area contributed by atoms with Crippen molar-refractivity contribution in [2.45, 2.75) is 19.8 Å². The normalized spacial score (nSPS) is 10.1. The summed E-state index contributed by atoms with van der Waals surface area (Å²) in [6, 6.07) is 9.54. The van der Waals surface area contributed by atoms with Gasteiger partial charge >= 0.3 is 0 Å². The van der Waals surface area contributed by atoms with E-state index < -0.39 is 23.5 Å². The van der Waals surface area contributed by atoms with Gasteiger partial charge in [0.15, 0.2) is 11.5 Å². The van der Waals surface area contributed by atoms with Gasteiger partial charge < -0.3 is 14.8 Å². The van der Waals surface area contributed by atoms with Crippen LogP contribution in [0.15, 0.2) is 42.5 Å². The zero-order chi connectivity index (χ0) is 21.9. The lowest BCUT2D eigenvalue weighted by atomic mass is 10.2. The van der Waals surface area contributed by atoms with E-state index in [0.717, 1.165) is 25.0 Å².